The number of ether oxygens (including phenoxy) is 2. The maximum atomic E-state index is 11.2. The third kappa shape index (κ3) is 4.44. The summed E-state index contributed by atoms with van der Waals surface area (Å²) >= 11 is 0. The highest BCUT2D eigenvalue weighted by atomic mass is 16.5. The number of aliphatic hydroxyl groups is 1. The standard InChI is InChI=1S/C23H27NO3/c1-3-5-16-27-22-12-8-20(9-13-22)23(25,4-2)19-6-10-21(11-7-19)24-14-17-26-18-15-24/h2,6-13,25H,3,5,14-18H2,1H3/t23-/m0/s1. The van der Waals surface area contributed by atoms with Crippen molar-refractivity contribution in [2.24, 2.45) is 0 Å². The predicted molar refractivity (Wildman–Crippen MR) is 108 cm³/mol. The molecule has 27 heavy (non-hydrogen) atoms. The van der Waals surface area contributed by atoms with Gasteiger partial charge in [0.25, 0.3) is 0 Å². The molecule has 1 aliphatic rings. The molecule has 0 bridgehead atoms. The van der Waals surface area contributed by atoms with Gasteiger partial charge in [0.15, 0.2) is 5.60 Å². The Balaban J connectivity index is 1.77. The van der Waals surface area contributed by atoms with E-state index in [2.05, 4.69) is 17.7 Å². The van der Waals surface area contributed by atoms with Crippen molar-refractivity contribution < 1.29 is 14.6 Å². The highest BCUT2D eigenvalue weighted by molar-refractivity contribution is 5.52. The Kier molecular flexibility index (Phi) is 6.39. The third-order valence-corrected chi connectivity index (χ3v) is 4.91. The Bertz CT molecular complexity index is 758. The molecule has 1 atom stereocenters. The van der Waals surface area contributed by atoms with Crippen LogP contribution in [0.25, 0.3) is 0 Å². The molecular formula is C23H27NO3. The number of rotatable bonds is 7. The summed E-state index contributed by atoms with van der Waals surface area (Å²) < 4.78 is 11.1. The molecule has 0 aromatic heterocycles. The SMILES string of the molecule is C#C[C@@](O)(c1ccc(OCCCC)cc1)c1ccc(N2CCOCC2)cc1. The lowest BCUT2D eigenvalue weighted by Crippen LogP contribution is -2.36. The lowest BCUT2D eigenvalue weighted by molar-refractivity contribution is 0.122. The van der Waals surface area contributed by atoms with Gasteiger partial charge in [-0.15, -0.1) is 6.42 Å². The van der Waals surface area contributed by atoms with Crippen molar-refractivity contribution in [3.63, 3.8) is 0 Å². The van der Waals surface area contributed by atoms with Crippen LogP contribution in [-0.4, -0.2) is 38.0 Å². The molecule has 1 heterocycles. The summed E-state index contributed by atoms with van der Waals surface area (Å²) in [6, 6.07) is 15.2. The largest absolute Gasteiger partial charge is 0.494 e. The molecule has 0 saturated carbocycles. The highest BCUT2D eigenvalue weighted by Gasteiger charge is 2.29. The second-order valence-corrected chi connectivity index (χ2v) is 6.73. The summed E-state index contributed by atoms with van der Waals surface area (Å²) in [7, 11) is 0. The van der Waals surface area contributed by atoms with Gasteiger partial charge in [-0.05, 0) is 30.7 Å². The maximum absolute atomic E-state index is 11.2. The highest BCUT2D eigenvalue weighted by Crippen LogP contribution is 2.31. The number of nitrogens with zero attached hydrogens (tertiary/aromatic N) is 1. The van der Waals surface area contributed by atoms with Crippen LogP contribution in [0.2, 0.25) is 0 Å². The Hall–Kier alpha value is -2.48. The van der Waals surface area contributed by atoms with E-state index in [4.69, 9.17) is 15.9 Å². The van der Waals surface area contributed by atoms with Crippen LogP contribution in [-0.2, 0) is 10.3 Å². The first kappa shape index (κ1) is 19.3. The molecule has 0 spiro atoms. The van der Waals surface area contributed by atoms with E-state index in [1.807, 2.05) is 48.5 Å². The number of hydrogen-bond acceptors (Lipinski definition) is 4. The van der Waals surface area contributed by atoms with Crippen molar-refractivity contribution in [2.45, 2.75) is 25.4 Å². The molecule has 4 heteroatoms. The average Bonchev–Trinajstić information content (AvgIpc) is 2.74. The summed E-state index contributed by atoms with van der Waals surface area (Å²) in [6.45, 7) is 6.05. The number of morpholine rings is 1. The van der Waals surface area contributed by atoms with E-state index in [9.17, 15) is 5.11 Å². The van der Waals surface area contributed by atoms with Gasteiger partial charge in [0, 0.05) is 29.9 Å². The van der Waals surface area contributed by atoms with E-state index in [1.165, 1.54) is 0 Å². The van der Waals surface area contributed by atoms with Gasteiger partial charge in [0.1, 0.15) is 5.75 Å². The summed E-state index contributed by atoms with van der Waals surface area (Å²) in [4.78, 5) is 2.27. The minimum atomic E-state index is -1.47. The number of hydrogen-bond donors (Lipinski definition) is 1. The summed E-state index contributed by atoms with van der Waals surface area (Å²) in [5.41, 5.74) is 0.987. The molecule has 0 unspecified atom stereocenters. The van der Waals surface area contributed by atoms with Crippen LogP contribution in [0.1, 0.15) is 30.9 Å². The van der Waals surface area contributed by atoms with E-state index in [0.717, 1.165) is 50.6 Å². The number of anilines is 1. The van der Waals surface area contributed by atoms with Crippen LogP contribution in [0.15, 0.2) is 48.5 Å². The van der Waals surface area contributed by atoms with E-state index in [-0.39, 0.29) is 0 Å². The van der Waals surface area contributed by atoms with Crippen molar-refractivity contribution in [1.29, 1.82) is 0 Å². The van der Waals surface area contributed by atoms with Crippen LogP contribution < -0.4 is 9.64 Å². The third-order valence-electron chi connectivity index (χ3n) is 4.91. The minimum absolute atomic E-state index is 0.659. The Labute approximate surface area is 161 Å². The molecule has 4 nitrogen and oxygen atoms in total. The second kappa shape index (κ2) is 8.94. The molecule has 1 aliphatic heterocycles. The van der Waals surface area contributed by atoms with Gasteiger partial charge < -0.3 is 19.5 Å². The van der Waals surface area contributed by atoms with E-state index in [1.54, 1.807) is 0 Å². The van der Waals surface area contributed by atoms with Gasteiger partial charge in [-0.2, -0.15) is 0 Å². The summed E-state index contributed by atoms with van der Waals surface area (Å²) in [6.07, 6.45) is 7.84. The molecule has 2 aromatic carbocycles. The topological polar surface area (TPSA) is 41.9 Å². The van der Waals surface area contributed by atoms with E-state index >= 15 is 0 Å². The first-order valence-electron chi connectivity index (χ1n) is 9.54. The fraction of sp³-hybridized carbons (Fsp3) is 0.391. The van der Waals surface area contributed by atoms with Gasteiger partial charge in [0.05, 0.1) is 19.8 Å². The smallest absolute Gasteiger partial charge is 0.176 e. The van der Waals surface area contributed by atoms with Crippen molar-refractivity contribution in [3.8, 4) is 18.1 Å². The Morgan fingerprint density at radius 2 is 1.67 bits per heavy atom. The summed E-state index contributed by atoms with van der Waals surface area (Å²) in [5, 5.41) is 11.2. The molecule has 1 N–H and O–H groups in total. The van der Waals surface area contributed by atoms with Crippen molar-refractivity contribution in [1.82, 2.24) is 0 Å². The molecule has 0 radical (unpaired) electrons. The average molecular weight is 365 g/mol. The van der Waals surface area contributed by atoms with Gasteiger partial charge in [0.2, 0.25) is 0 Å². The zero-order valence-electron chi connectivity index (χ0n) is 15.9. The summed E-state index contributed by atoms with van der Waals surface area (Å²) in [5.74, 6) is 3.35. The van der Waals surface area contributed by atoms with Crippen molar-refractivity contribution in [2.75, 3.05) is 37.8 Å². The Morgan fingerprint density at radius 3 is 2.22 bits per heavy atom. The Morgan fingerprint density at radius 1 is 1.07 bits per heavy atom. The van der Waals surface area contributed by atoms with Crippen LogP contribution in [0.5, 0.6) is 5.75 Å². The van der Waals surface area contributed by atoms with Crippen molar-refractivity contribution >= 4 is 5.69 Å². The van der Waals surface area contributed by atoms with Gasteiger partial charge in [-0.25, -0.2) is 0 Å². The monoisotopic (exact) mass is 365 g/mol. The van der Waals surface area contributed by atoms with Gasteiger partial charge in [-0.1, -0.05) is 43.5 Å². The molecule has 142 valence electrons. The minimum Gasteiger partial charge on any atom is -0.494 e. The van der Waals surface area contributed by atoms with Crippen molar-refractivity contribution in [3.05, 3.63) is 59.7 Å². The lowest BCUT2D eigenvalue weighted by atomic mass is 9.87. The molecule has 3 rings (SSSR count). The second-order valence-electron chi connectivity index (χ2n) is 6.73. The van der Waals surface area contributed by atoms with Gasteiger partial charge in [-0.3, -0.25) is 0 Å². The lowest BCUT2D eigenvalue weighted by Gasteiger charge is -2.30. The first-order chi connectivity index (χ1) is 13.2. The first-order valence-corrected chi connectivity index (χ1v) is 9.54. The van der Waals surface area contributed by atoms with Crippen LogP contribution >= 0.6 is 0 Å². The normalized spacial score (nSPS) is 16.4. The van der Waals surface area contributed by atoms with Crippen LogP contribution in [0.4, 0.5) is 5.69 Å². The predicted octanol–water partition coefficient (Wildman–Crippen LogP) is 3.57. The zero-order chi connectivity index (χ0) is 19.1. The number of unbranched alkanes of at least 4 members (excludes halogenated alkanes) is 1. The van der Waals surface area contributed by atoms with E-state index < -0.39 is 5.60 Å². The molecular weight excluding hydrogens is 338 g/mol. The number of benzene rings is 2. The molecule has 0 aliphatic carbocycles. The zero-order valence-corrected chi connectivity index (χ0v) is 15.9. The molecule has 2 aromatic rings. The van der Waals surface area contributed by atoms with Gasteiger partial charge >= 0.3 is 0 Å². The van der Waals surface area contributed by atoms with E-state index in [0.29, 0.717) is 17.7 Å². The number of terminal acetylenes is 1. The fourth-order valence-corrected chi connectivity index (χ4v) is 3.20. The molecule has 1 saturated heterocycles. The molecule has 1 fully saturated rings. The maximum Gasteiger partial charge on any atom is 0.176 e. The molecule has 0 amide bonds. The van der Waals surface area contributed by atoms with Crippen LogP contribution in [0, 0.1) is 12.3 Å². The quantitative estimate of drug-likeness (QED) is 0.602. The fourth-order valence-electron chi connectivity index (χ4n) is 3.20. The van der Waals surface area contributed by atoms with Crippen LogP contribution in [0.3, 0.4) is 0 Å².